The van der Waals surface area contributed by atoms with Crippen LogP contribution in [0.3, 0.4) is 0 Å². The second-order valence-corrected chi connectivity index (χ2v) is 5.05. The Hall–Kier alpha value is 0.170. The molecule has 1 saturated heterocycles. The smallest absolute Gasteiger partial charge is 0.260 e. The van der Waals surface area contributed by atoms with Crippen molar-refractivity contribution in [3.63, 3.8) is 0 Å². The van der Waals surface area contributed by atoms with E-state index in [9.17, 15) is 8.78 Å². The number of hydrogen-bond acceptors (Lipinski definition) is 2. The minimum absolute atomic E-state index is 0.0490. The molecule has 13 heavy (non-hydrogen) atoms. The standard InChI is InChI=1S/C9H15F2NS/c10-8(11)3-2-6-12(7-8)9(13)4-1-5-9/h13H,1-7H2. The van der Waals surface area contributed by atoms with Gasteiger partial charge in [-0.25, -0.2) is 8.78 Å². The van der Waals surface area contributed by atoms with Crippen LogP contribution in [0, 0.1) is 0 Å². The maximum atomic E-state index is 13.1. The summed E-state index contributed by atoms with van der Waals surface area (Å²) < 4.78 is 26.1. The quantitative estimate of drug-likeness (QED) is 0.647. The Labute approximate surface area is 82.9 Å². The summed E-state index contributed by atoms with van der Waals surface area (Å²) in [5, 5.41) is 0. The molecule has 0 amide bonds. The third-order valence-electron chi connectivity index (χ3n) is 3.14. The van der Waals surface area contributed by atoms with Crippen LogP contribution in [0.25, 0.3) is 0 Å². The van der Waals surface area contributed by atoms with Crippen LogP contribution in [0.1, 0.15) is 32.1 Å². The van der Waals surface area contributed by atoms with Crippen LogP contribution in [-0.4, -0.2) is 28.8 Å². The first kappa shape index (κ1) is 9.71. The third kappa shape index (κ3) is 1.84. The first-order chi connectivity index (χ1) is 6.02. The molecule has 1 aliphatic heterocycles. The Morgan fingerprint density at radius 3 is 2.23 bits per heavy atom. The number of halogens is 2. The van der Waals surface area contributed by atoms with Crippen LogP contribution in [0.2, 0.25) is 0 Å². The van der Waals surface area contributed by atoms with E-state index in [1.54, 1.807) is 0 Å². The van der Waals surface area contributed by atoms with Gasteiger partial charge in [0.25, 0.3) is 5.92 Å². The molecule has 4 heteroatoms. The van der Waals surface area contributed by atoms with E-state index >= 15 is 0 Å². The molecule has 0 atom stereocenters. The molecule has 1 heterocycles. The van der Waals surface area contributed by atoms with Crippen molar-refractivity contribution in [3.8, 4) is 0 Å². The van der Waals surface area contributed by atoms with E-state index in [0.717, 1.165) is 25.8 Å². The zero-order valence-corrected chi connectivity index (χ0v) is 8.49. The number of piperidine rings is 1. The van der Waals surface area contributed by atoms with Gasteiger partial charge in [-0.1, -0.05) is 0 Å². The summed E-state index contributed by atoms with van der Waals surface area (Å²) in [5.74, 6) is -2.48. The molecule has 0 unspecified atom stereocenters. The van der Waals surface area contributed by atoms with Gasteiger partial charge in [0.05, 0.1) is 11.4 Å². The van der Waals surface area contributed by atoms with Gasteiger partial charge in [-0.2, -0.15) is 12.6 Å². The van der Waals surface area contributed by atoms with Gasteiger partial charge in [-0.15, -0.1) is 0 Å². The molecule has 0 spiro atoms. The highest BCUT2D eigenvalue weighted by Gasteiger charge is 2.45. The molecule has 0 radical (unpaired) electrons. The molecule has 1 saturated carbocycles. The van der Waals surface area contributed by atoms with Crippen LogP contribution >= 0.6 is 12.6 Å². The van der Waals surface area contributed by atoms with Gasteiger partial charge in [0.1, 0.15) is 0 Å². The molecule has 2 aliphatic rings. The number of rotatable bonds is 1. The molecular weight excluding hydrogens is 192 g/mol. The van der Waals surface area contributed by atoms with Crippen molar-refractivity contribution in [3.05, 3.63) is 0 Å². The highest BCUT2D eigenvalue weighted by atomic mass is 32.1. The first-order valence-electron chi connectivity index (χ1n) is 4.87. The third-order valence-corrected chi connectivity index (χ3v) is 3.87. The van der Waals surface area contributed by atoms with Gasteiger partial charge < -0.3 is 0 Å². The highest BCUT2D eigenvalue weighted by Crippen LogP contribution is 2.44. The molecular formula is C9H15F2NS. The fourth-order valence-electron chi connectivity index (χ4n) is 2.13. The van der Waals surface area contributed by atoms with E-state index in [1.807, 2.05) is 4.90 Å². The van der Waals surface area contributed by atoms with Gasteiger partial charge in [-0.05, 0) is 32.2 Å². The molecule has 0 N–H and O–H groups in total. The van der Waals surface area contributed by atoms with Gasteiger partial charge in [0.2, 0.25) is 0 Å². The largest absolute Gasteiger partial charge is 0.283 e. The predicted octanol–water partition coefficient (Wildman–Crippen LogP) is 2.53. The van der Waals surface area contributed by atoms with Gasteiger partial charge in [0.15, 0.2) is 0 Å². The van der Waals surface area contributed by atoms with Crippen LogP contribution in [0.4, 0.5) is 8.78 Å². The molecule has 2 rings (SSSR count). The van der Waals surface area contributed by atoms with Gasteiger partial charge in [0, 0.05) is 6.42 Å². The fraction of sp³-hybridized carbons (Fsp3) is 1.00. The summed E-state index contributed by atoms with van der Waals surface area (Å²) in [6.07, 6.45) is 3.71. The predicted molar refractivity (Wildman–Crippen MR) is 51.3 cm³/mol. The second kappa shape index (κ2) is 3.09. The maximum Gasteiger partial charge on any atom is 0.260 e. The first-order valence-corrected chi connectivity index (χ1v) is 5.32. The Morgan fingerprint density at radius 2 is 1.77 bits per heavy atom. The van der Waals surface area contributed by atoms with Crippen molar-refractivity contribution >= 4 is 12.6 Å². The molecule has 0 aromatic carbocycles. The van der Waals surface area contributed by atoms with Crippen molar-refractivity contribution in [2.24, 2.45) is 0 Å². The summed E-state index contributed by atoms with van der Waals surface area (Å²) in [5.41, 5.74) is 0. The Kier molecular flexibility index (Phi) is 2.31. The number of alkyl halides is 2. The molecule has 2 fully saturated rings. The zero-order chi connectivity index (χ0) is 9.53. The van der Waals surface area contributed by atoms with Crippen molar-refractivity contribution in [1.82, 2.24) is 4.90 Å². The Bertz CT molecular complexity index is 204. The molecule has 1 nitrogen and oxygen atoms in total. The second-order valence-electron chi connectivity index (χ2n) is 4.22. The lowest BCUT2D eigenvalue weighted by atomic mass is 9.88. The monoisotopic (exact) mass is 207 g/mol. The molecule has 0 bridgehead atoms. The average molecular weight is 207 g/mol. The lowest BCUT2D eigenvalue weighted by molar-refractivity contribution is -0.0898. The van der Waals surface area contributed by atoms with Crippen LogP contribution in [0.5, 0.6) is 0 Å². The topological polar surface area (TPSA) is 3.24 Å². The van der Waals surface area contributed by atoms with E-state index < -0.39 is 5.92 Å². The number of nitrogens with zero attached hydrogens (tertiary/aromatic N) is 1. The van der Waals surface area contributed by atoms with E-state index in [4.69, 9.17) is 0 Å². The Balaban J connectivity index is 2.00. The lowest BCUT2D eigenvalue weighted by Crippen LogP contribution is -2.56. The Morgan fingerprint density at radius 1 is 1.08 bits per heavy atom. The molecule has 1 aliphatic carbocycles. The summed E-state index contributed by atoms with van der Waals surface area (Å²) in [7, 11) is 0. The van der Waals surface area contributed by atoms with E-state index in [2.05, 4.69) is 12.6 Å². The SMILES string of the molecule is FC1(F)CCCN(C2(S)CCC2)C1. The molecule has 0 aromatic rings. The maximum absolute atomic E-state index is 13.1. The van der Waals surface area contributed by atoms with Crippen molar-refractivity contribution in [2.45, 2.75) is 42.9 Å². The molecule has 0 aromatic heterocycles. The number of likely N-dealkylation sites (tertiary alicyclic amines) is 1. The van der Waals surface area contributed by atoms with E-state index in [0.29, 0.717) is 6.42 Å². The van der Waals surface area contributed by atoms with Crippen molar-refractivity contribution < 1.29 is 8.78 Å². The summed E-state index contributed by atoms with van der Waals surface area (Å²) in [4.78, 5) is 1.66. The highest BCUT2D eigenvalue weighted by molar-refractivity contribution is 7.81. The fourth-order valence-corrected chi connectivity index (χ4v) is 2.62. The van der Waals surface area contributed by atoms with E-state index in [-0.39, 0.29) is 17.8 Å². The number of thiol groups is 1. The van der Waals surface area contributed by atoms with E-state index in [1.165, 1.54) is 0 Å². The number of hydrogen-bond donors (Lipinski definition) is 1. The minimum atomic E-state index is -2.48. The molecule has 76 valence electrons. The van der Waals surface area contributed by atoms with Gasteiger partial charge in [-0.3, -0.25) is 4.90 Å². The van der Waals surface area contributed by atoms with Crippen LogP contribution < -0.4 is 0 Å². The average Bonchev–Trinajstić information content (AvgIpc) is 1.98. The lowest BCUT2D eigenvalue weighted by Gasteiger charge is -2.49. The van der Waals surface area contributed by atoms with Crippen LogP contribution in [0.15, 0.2) is 0 Å². The summed E-state index contributed by atoms with van der Waals surface area (Å²) >= 11 is 4.49. The van der Waals surface area contributed by atoms with Crippen molar-refractivity contribution in [2.75, 3.05) is 13.1 Å². The summed E-state index contributed by atoms with van der Waals surface area (Å²) in [6, 6.07) is 0. The zero-order valence-electron chi connectivity index (χ0n) is 7.60. The normalized spacial score (nSPS) is 32.5. The summed E-state index contributed by atoms with van der Waals surface area (Å²) in [6.45, 7) is 0.704. The van der Waals surface area contributed by atoms with Crippen molar-refractivity contribution in [1.29, 1.82) is 0 Å². The minimum Gasteiger partial charge on any atom is -0.283 e. The van der Waals surface area contributed by atoms with Gasteiger partial charge >= 0.3 is 0 Å². The van der Waals surface area contributed by atoms with Crippen LogP contribution in [-0.2, 0) is 0 Å².